The van der Waals surface area contributed by atoms with Crippen molar-refractivity contribution in [2.45, 2.75) is 0 Å². The maximum Gasteiger partial charge on any atom is 0.193 e. The Kier molecular flexibility index (Phi) is 3.61. The summed E-state index contributed by atoms with van der Waals surface area (Å²) in [4.78, 5) is 12.3. The van der Waals surface area contributed by atoms with Gasteiger partial charge in [0.15, 0.2) is 5.78 Å². The molecule has 0 fully saturated rings. The Balaban J connectivity index is 1.87. The van der Waals surface area contributed by atoms with Crippen LogP contribution in [-0.2, 0) is 0 Å². The second-order valence-electron chi connectivity index (χ2n) is 4.78. The van der Waals surface area contributed by atoms with Crippen LogP contribution in [0.4, 0.5) is 4.39 Å². The molecule has 0 amide bonds. The van der Waals surface area contributed by atoms with E-state index in [9.17, 15) is 9.18 Å². The molecule has 21 heavy (non-hydrogen) atoms. The van der Waals surface area contributed by atoms with E-state index in [1.807, 2.05) is 30.3 Å². The molecule has 0 atom stereocenters. The first-order valence-corrected chi connectivity index (χ1v) is 6.70. The van der Waals surface area contributed by atoms with Gasteiger partial charge in [-0.25, -0.2) is 4.39 Å². The van der Waals surface area contributed by atoms with E-state index in [2.05, 4.69) is 0 Å². The maximum atomic E-state index is 12.9. The number of benzene rings is 3. The van der Waals surface area contributed by atoms with Crippen LogP contribution in [0.2, 0.25) is 0 Å². The Morgan fingerprint density at radius 2 is 1.10 bits per heavy atom. The number of carbonyl (C=O) groups is 1. The summed E-state index contributed by atoms with van der Waals surface area (Å²) < 4.78 is 12.9. The quantitative estimate of drug-likeness (QED) is 0.632. The summed E-state index contributed by atoms with van der Waals surface area (Å²) in [6, 6.07) is 22.8. The molecule has 0 saturated carbocycles. The van der Waals surface area contributed by atoms with E-state index in [0.29, 0.717) is 11.1 Å². The summed E-state index contributed by atoms with van der Waals surface area (Å²) in [5, 5.41) is 0. The van der Waals surface area contributed by atoms with E-state index in [0.717, 1.165) is 11.1 Å². The molecule has 0 spiro atoms. The summed E-state index contributed by atoms with van der Waals surface area (Å²) in [5.41, 5.74) is 3.20. The maximum absolute atomic E-state index is 12.9. The molecule has 0 aromatic heterocycles. The normalized spacial score (nSPS) is 10.3. The van der Waals surface area contributed by atoms with Crippen molar-refractivity contribution in [1.82, 2.24) is 0 Å². The minimum Gasteiger partial charge on any atom is -0.289 e. The number of hydrogen-bond acceptors (Lipinski definition) is 1. The molecule has 3 aromatic carbocycles. The fraction of sp³-hybridized carbons (Fsp3) is 0. The Morgan fingerprint density at radius 1 is 0.619 bits per heavy atom. The van der Waals surface area contributed by atoms with Crippen LogP contribution in [0, 0.1) is 5.82 Å². The lowest BCUT2D eigenvalue weighted by Crippen LogP contribution is -2.00. The molecule has 102 valence electrons. The molecule has 0 aliphatic carbocycles. The van der Waals surface area contributed by atoms with Crippen LogP contribution in [0.1, 0.15) is 15.9 Å². The van der Waals surface area contributed by atoms with Crippen molar-refractivity contribution in [2.75, 3.05) is 0 Å². The monoisotopic (exact) mass is 276 g/mol. The highest BCUT2D eigenvalue weighted by Crippen LogP contribution is 2.21. The van der Waals surface area contributed by atoms with Crippen LogP contribution in [0.5, 0.6) is 0 Å². The predicted molar refractivity (Wildman–Crippen MR) is 81.7 cm³/mol. The minimum absolute atomic E-state index is 0.00116. The number of rotatable bonds is 3. The van der Waals surface area contributed by atoms with E-state index >= 15 is 0 Å². The van der Waals surface area contributed by atoms with Crippen LogP contribution in [0.3, 0.4) is 0 Å². The molecule has 0 heterocycles. The first-order chi connectivity index (χ1) is 10.2. The fourth-order valence-corrected chi connectivity index (χ4v) is 2.21. The van der Waals surface area contributed by atoms with E-state index in [-0.39, 0.29) is 11.6 Å². The van der Waals surface area contributed by atoms with Crippen LogP contribution in [-0.4, -0.2) is 5.78 Å². The first kappa shape index (κ1) is 13.3. The third-order valence-electron chi connectivity index (χ3n) is 3.36. The van der Waals surface area contributed by atoms with Gasteiger partial charge in [0.1, 0.15) is 5.82 Å². The van der Waals surface area contributed by atoms with Crippen LogP contribution >= 0.6 is 0 Å². The molecule has 0 aliphatic heterocycles. The van der Waals surface area contributed by atoms with Crippen LogP contribution in [0.25, 0.3) is 11.1 Å². The van der Waals surface area contributed by atoms with Crippen molar-refractivity contribution in [3.63, 3.8) is 0 Å². The number of hydrogen-bond donors (Lipinski definition) is 0. The molecular formula is C19H13FO. The van der Waals surface area contributed by atoms with Gasteiger partial charge in [0.05, 0.1) is 0 Å². The third kappa shape index (κ3) is 2.90. The third-order valence-corrected chi connectivity index (χ3v) is 3.36. The van der Waals surface area contributed by atoms with Gasteiger partial charge in [-0.15, -0.1) is 0 Å². The molecule has 0 aliphatic rings. The summed E-state index contributed by atoms with van der Waals surface area (Å²) in [6.07, 6.45) is 0. The zero-order valence-corrected chi connectivity index (χ0v) is 11.3. The van der Waals surface area contributed by atoms with Crippen molar-refractivity contribution in [3.8, 4) is 11.1 Å². The lowest BCUT2D eigenvalue weighted by atomic mass is 9.99. The zero-order valence-electron chi connectivity index (χ0n) is 11.3. The van der Waals surface area contributed by atoms with Gasteiger partial charge in [0.25, 0.3) is 0 Å². The molecule has 0 radical (unpaired) electrons. The second-order valence-corrected chi connectivity index (χ2v) is 4.78. The van der Waals surface area contributed by atoms with Crippen molar-refractivity contribution in [2.24, 2.45) is 0 Å². The predicted octanol–water partition coefficient (Wildman–Crippen LogP) is 4.72. The van der Waals surface area contributed by atoms with E-state index in [1.54, 1.807) is 36.4 Å². The van der Waals surface area contributed by atoms with E-state index < -0.39 is 0 Å². The minimum atomic E-state index is -0.255. The average molecular weight is 276 g/mol. The highest BCUT2D eigenvalue weighted by atomic mass is 19.1. The van der Waals surface area contributed by atoms with Crippen LogP contribution in [0.15, 0.2) is 78.9 Å². The van der Waals surface area contributed by atoms with Gasteiger partial charge in [-0.3, -0.25) is 4.79 Å². The number of carbonyl (C=O) groups excluding carboxylic acids is 1. The Hall–Kier alpha value is -2.74. The Morgan fingerprint density at radius 3 is 1.67 bits per heavy atom. The number of halogens is 1. The van der Waals surface area contributed by atoms with E-state index in [1.165, 1.54) is 12.1 Å². The largest absolute Gasteiger partial charge is 0.289 e. The summed E-state index contributed by atoms with van der Waals surface area (Å²) in [7, 11) is 0. The molecule has 3 rings (SSSR count). The van der Waals surface area contributed by atoms with Gasteiger partial charge in [-0.05, 0) is 23.3 Å². The van der Waals surface area contributed by atoms with Crippen molar-refractivity contribution in [1.29, 1.82) is 0 Å². The van der Waals surface area contributed by atoms with Crippen molar-refractivity contribution >= 4 is 5.78 Å². The molecule has 3 aromatic rings. The van der Waals surface area contributed by atoms with Crippen molar-refractivity contribution < 1.29 is 9.18 Å². The van der Waals surface area contributed by atoms with E-state index in [4.69, 9.17) is 0 Å². The van der Waals surface area contributed by atoms with Crippen molar-refractivity contribution in [3.05, 3.63) is 95.8 Å². The first-order valence-electron chi connectivity index (χ1n) is 6.70. The zero-order chi connectivity index (χ0) is 14.7. The molecule has 1 nitrogen and oxygen atoms in total. The lowest BCUT2D eigenvalue weighted by Gasteiger charge is -2.04. The highest BCUT2D eigenvalue weighted by Gasteiger charge is 2.08. The molecular weight excluding hydrogens is 263 g/mol. The van der Waals surface area contributed by atoms with Gasteiger partial charge in [0, 0.05) is 11.1 Å². The molecule has 0 bridgehead atoms. The van der Waals surface area contributed by atoms with Gasteiger partial charge < -0.3 is 0 Å². The van der Waals surface area contributed by atoms with Gasteiger partial charge in [-0.2, -0.15) is 0 Å². The number of ketones is 1. The van der Waals surface area contributed by atoms with Gasteiger partial charge in [-0.1, -0.05) is 66.7 Å². The average Bonchev–Trinajstić information content (AvgIpc) is 2.56. The van der Waals surface area contributed by atoms with Gasteiger partial charge >= 0.3 is 0 Å². The molecule has 0 N–H and O–H groups in total. The Labute approximate surface area is 122 Å². The summed E-state index contributed by atoms with van der Waals surface area (Å²) in [5.74, 6) is -0.254. The van der Waals surface area contributed by atoms with Crippen LogP contribution < -0.4 is 0 Å². The molecule has 0 saturated heterocycles. The second kappa shape index (κ2) is 5.71. The Bertz CT molecular complexity index is 744. The molecule has 2 heteroatoms. The molecule has 0 unspecified atom stereocenters. The summed E-state index contributed by atoms with van der Waals surface area (Å²) >= 11 is 0. The SMILES string of the molecule is O=C(c1ccccc1)c1ccc(-c2ccc(F)cc2)cc1. The highest BCUT2D eigenvalue weighted by molar-refractivity contribution is 6.09. The van der Waals surface area contributed by atoms with Gasteiger partial charge in [0.2, 0.25) is 0 Å². The lowest BCUT2D eigenvalue weighted by molar-refractivity contribution is 0.103. The fourth-order valence-electron chi connectivity index (χ4n) is 2.21. The standard InChI is InChI=1S/C19H13FO/c20-18-12-10-15(11-13-18)14-6-8-17(9-7-14)19(21)16-4-2-1-3-5-16/h1-13H. The topological polar surface area (TPSA) is 17.1 Å². The summed E-state index contributed by atoms with van der Waals surface area (Å²) in [6.45, 7) is 0. The smallest absolute Gasteiger partial charge is 0.193 e.